The Labute approximate surface area is 119 Å². The Balaban J connectivity index is 2.17. The van der Waals surface area contributed by atoms with Crippen molar-refractivity contribution in [1.82, 2.24) is 5.32 Å². The largest absolute Gasteiger partial charge is 0.384 e. The van der Waals surface area contributed by atoms with E-state index in [1.807, 2.05) is 0 Å². The van der Waals surface area contributed by atoms with E-state index in [0.717, 1.165) is 25.8 Å². The Hall–Kier alpha value is -0.0900. The Morgan fingerprint density at radius 2 is 1.89 bits per heavy atom. The zero-order valence-corrected chi connectivity index (χ0v) is 13.0. The molecule has 0 aromatic heterocycles. The van der Waals surface area contributed by atoms with Crippen molar-refractivity contribution in [2.75, 3.05) is 20.3 Å². The van der Waals surface area contributed by atoms with Crippen LogP contribution in [0.3, 0.4) is 0 Å². The van der Waals surface area contributed by atoms with E-state index in [1.165, 1.54) is 32.1 Å². The number of nitrogens with one attached hydrogen (secondary N) is 1. The Bertz CT molecular complexity index is 228. The van der Waals surface area contributed by atoms with Gasteiger partial charge in [-0.2, -0.15) is 0 Å². The second-order valence-corrected chi connectivity index (χ2v) is 6.47. The highest BCUT2D eigenvalue weighted by Gasteiger charge is 2.18. The average Bonchev–Trinajstić information content (AvgIpc) is 2.28. The molecule has 106 valence electrons. The number of carbonyl (C=O) groups excluding carboxylic acids is 1. The molecule has 0 aromatic carbocycles. The lowest BCUT2D eigenvalue weighted by molar-refractivity contribution is -0.125. The van der Waals surface area contributed by atoms with Crippen LogP contribution >= 0.6 is 15.9 Å². The molecule has 0 aromatic rings. The van der Waals surface area contributed by atoms with E-state index < -0.39 is 0 Å². The number of amides is 1. The summed E-state index contributed by atoms with van der Waals surface area (Å²) in [5.41, 5.74) is 0. The first kappa shape index (κ1) is 16.0. The molecule has 0 bridgehead atoms. The summed E-state index contributed by atoms with van der Waals surface area (Å²) in [4.78, 5) is 12.4. The summed E-state index contributed by atoms with van der Waals surface area (Å²) >= 11 is 3.53. The molecule has 0 heterocycles. The van der Waals surface area contributed by atoms with Crippen molar-refractivity contribution >= 4 is 21.8 Å². The van der Waals surface area contributed by atoms with Crippen molar-refractivity contribution in [3.63, 3.8) is 0 Å². The molecule has 1 rings (SSSR count). The lowest BCUT2D eigenvalue weighted by atomic mass is 9.90. The minimum Gasteiger partial charge on any atom is -0.384 e. The number of methoxy groups -OCH3 is 1. The monoisotopic (exact) mass is 319 g/mol. The summed E-state index contributed by atoms with van der Waals surface area (Å²) in [5.74, 6) is 0.510. The van der Waals surface area contributed by atoms with E-state index in [-0.39, 0.29) is 11.8 Å². The fourth-order valence-corrected chi connectivity index (χ4v) is 2.97. The number of carbonyl (C=O) groups is 1. The van der Waals surface area contributed by atoms with Crippen LogP contribution in [0.25, 0.3) is 0 Å². The first-order valence-electron chi connectivity index (χ1n) is 7.14. The lowest BCUT2D eigenvalue weighted by Gasteiger charge is -2.19. The van der Waals surface area contributed by atoms with E-state index >= 15 is 0 Å². The van der Waals surface area contributed by atoms with Crippen molar-refractivity contribution < 1.29 is 9.53 Å². The highest BCUT2D eigenvalue weighted by Crippen LogP contribution is 2.22. The van der Waals surface area contributed by atoms with Gasteiger partial charge < -0.3 is 10.1 Å². The molecule has 3 nitrogen and oxygen atoms in total. The highest BCUT2D eigenvalue weighted by atomic mass is 79.9. The third-order valence-electron chi connectivity index (χ3n) is 3.58. The molecular formula is C14H26BrNO2. The molecule has 1 saturated carbocycles. The molecule has 0 aliphatic heterocycles. The smallest absolute Gasteiger partial charge is 0.223 e. The van der Waals surface area contributed by atoms with Gasteiger partial charge >= 0.3 is 0 Å². The summed E-state index contributed by atoms with van der Waals surface area (Å²) in [7, 11) is 1.70. The van der Waals surface area contributed by atoms with Crippen LogP contribution in [0.1, 0.15) is 51.4 Å². The summed E-state index contributed by atoms with van der Waals surface area (Å²) in [6, 6.07) is 0. The molecule has 0 saturated heterocycles. The number of alkyl halides is 1. The van der Waals surface area contributed by atoms with E-state index in [2.05, 4.69) is 21.2 Å². The van der Waals surface area contributed by atoms with Crippen LogP contribution < -0.4 is 5.32 Å². The van der Waals surface area contributed by atoms with Crippen LogP contribution in [0.15, 0.2) is 0 Å². The molecule has 1 amide bonds. The fourth-order valence-electron chi connectivity index (χ4n) is 2.48. The standard InChI is InChI=1S/C14H26BrNO2/c1-18-11-13(15)9-10-16-14(17)12-7-5-3-2-4-6-8-12/h12-13H,2-11H2,1H3,(H,16,17). The third kappa shape index (κ3) is 6.74. The molecule has 0 radical (unpaired) electrons. The zero-order chi connectivity index (χ0) is 13.2. The van der Waals surface area contributed by atoms with Gasteiger partial charge in [0, 0.05) is 24.4 Å². The summed E-state index contributed by atoms with van der Waals surface area (Å²) < 4.78 is 5.05. The number of rotatable bonds is 6. The Kier molecular flexibility index (Phi) is 8.68. The van der Waals surface area contributed by atoms with Crippen molar-refractivity contribution in [1.29, 1.82) is 0 Å². The third-order valence-corrected chi connectivity index (χ3v) is 4.30. The lowest BCUT2D eigenvalue weighted by Crippen LogP contribution is -2.33. The second kappa shape index (κ2) is 9.79. The normalized spacial score (nSPS) is 19.9. The Morgan fingerprint density at radius 3 is 2.50 bits per heavy atom. The van der Waals surface area contributed by atoms with Gasteiger partial charge in [-0.05, 0) is 19.3 Å². The summed E-state index contributed by atoms with van der Waals surface area (Å²) in [6.07, 6.45) is 9.42. The first-order valence-corrected chi connectivity index (χ1v) is 8.06. The van der Waals surface area contributed by atoms with Crippen LogP contribution in [0.2, 0.25) is 0 Å². The average molecular weight is 320 g/mol. The molecule has 4 heteroatoms. The van der Waals surface area contributed by atoms with E-state index in [1.54, 1.807) is 7.11 Å². The van der Waals surface area contributed by atoms with Gasteiger partial charge in [-0.3, -0.25) is 4.79 Å². The molecule has 1 unspecified atom stereocenters. The summed E-state index contributed by atoms with van der Waals surface area (Å²) in [6.45, 7) is 1.44. The van der Waals surface area contributed by atoms with Crippen molar-refractivity contribution in [3.8, 4) is 0 Å². The summed E-state index contributed by atoms with van der Waals surface area (Å²) in [5, 5.41) is 3.07. The molecular weight excluding hydrogens is 294 g/mol. The number of hydrogen-bond acceptors (Lipinski definition) is 2. The zero-order valence-electron chi connectivity index (χ0n) is 11.4. The van der Waals surface area contributed by atoms with Gasteiger partial charge in [0.2, 0.25) is 5.91 Å². The maximum Gasteiger partial charge on any atom is 0.223 e. The maximum atomic E-state index is 12.0. The molecule has 1 atom stereocenters. The first-order chi connectivity index (χ1) is 8.74. The van der Waals surface area contributed by atoms with Gasteiger partial charge in [-0.25, -0.2) is 0 Å². The molecule has 1 aliphatic carbocycles. The maximum absolute atomic E-state index is 12.0. The second-order valence-electron chi connectivity index (χ2n) is 5.17. The predicted molar refractivity (Wildman–Crippen MR) is 78.0 cm³/mol. The Morgan fingerprint density at radius 1 is 1.28 bits per heavy atom. The number of halogens is 1. The SMILES string of the molecule is COCC(Br)CCNC(=O)C1CCCCCCC1. The molecule has 1 fully saturated rings. The van der Waals surface area contributed by atoms with Crippen LogP contribution in [0.5, 0.6) is 0 Å². The van der Waals surface area contributed by atoms with Crippen LogP contribution in [-0.4, -0.2) is 31.0 Å². The molecule has 1 N–H and O–H groups in total. The van der Waals surface area contributed by atoms with Gasteiger partial charge in [0.15, 0.2) is 0 Å². The van der Waals surface area contributed by atoms with Gasteiger partial charge in [0.05, 0.1) is 6.61 Å². The predicted octanol–water partition coefficient (Wildman–Crippen LogP) is 3.26. The van der Waals surface area contributed by atoms with Gasteiger partial charge in [0.1, 0.15) is 0 Å². The molecule has 1 aliphatic rings. The van der Waals surface area contributed by atoms with Gasteiger partial charge in [-0.15, -0.1) is 0 Å². The van der Waals surface area contributed by atoms with E-state index in [0.29, 0.717) is 11.4 Å². The minimum absolute atomic E-state index is 0.251. The molecule has 18 heavy (non-hydrogen) atoms. The van der Waals surface area contributed by atoms with E-state index in [4.69, 9.17) is 4.74 Å². The van der Waals surface area contributed by atoms with Crippen LogP contribution in [0.4, 0.5) is 0 Å². The van der Waals surface area contributed by atoms with Crippen molar-refractivity contribution in [3.05, 3.63) is 0 Å². The minimum atomic E-state index is 0.251. The topological polar surface area (TPSA) is 38.3 Å². The quantitative estimate of drug-likeness (QED) is 0.763. The van der Waals surface area contributed by atoms with Crippen LogP contribution in [0, 0.1) is 5.92 Å². The van der Waals surface area contributed by atoms with E-state index in [9.17, 15) is 4.79 Å². The van der Waals surface area contributed by atoms with Gasteiger partial charge in [-0.1, -0.05) is 48.0 Å². The van der Waals surface area contributed by atoms with Crippen LogP contribution in [-0.2, 0) is 9.53 Å². The van der Waals surface area contributed by atoms with Crippen molar-refractivity contribution in [2.24, 2.45) is 5.92 Å². The molecule has 0 spiro atoms. The number of hydrogen-bond donors (Lipinski definition) is 1. The van der Waals surface area contributed by atoms with Crippen molar-refractivity contribution in [2.45, 2.75) is 56.2 Å². The number of ether oxygens (including phenoxy) is 1. The highest BCUT2D eigenvalue weighted by molar-refractivity contribution is 9.09. The fraction of sp³-hybridized carbons (Fsp3) is 0.929. The van der Waals surface area contributed by atoms with Gasteiger partial charge in [0.25, 0.3) is 0 Å².